The minimum atomic E-state index is 0.586. The van der Waals surface area contributed by atoms with E-state index in [0.717, 1.165) is 9.86 Å². The van der Waals surface area contributed by atoms with Gasteiger partial charge in [-0.2, -0.15) is 0 Å². The number of carbonyl (C=O) groups excluding carboxylic acids is 1. The van der Waals surface area contributed by atoms with Gasteiger partial charge in [-0.3, -0.25) is 4.79 Å². The van der Waals surface area contributed by atoms with E-state index in [1.54, 1.807) is 19.1 Å². The highest BCUT2D eigenvalue weighted by Crippen LogP contribution is 2.23. The summed E-state index contributed by atoms with van der Waals surface area (Å²) in [7, 11) is 0. The highest BCUT2D eigenvalue weighted by atomic mass is 127. The molecule has 1 aromatic carbocycles. The molecular formula is C10H6ClIO. The lowest BCUT2D eigenvalue weighted by Gasteiger charge is -2.01. The van der Waals surface area contributed by atoms with Crippen molar-refractivity contribution < 1.29 is 4.79 Å². The van der Waals surface area contributed by atoms with Crippen molar-refractivity contribution in [2.45, 2.75) is 6.92 Å². The number of halogens is 2. The fraction of sp³-hybridized carbons (Fsp3) is 0.100. The largest absolute Gasteiger partial charge is 0.298 e. The molecule has 1 rings (SSSR count). The maximum atomic E-state index is 10.7. The number of benzene rings is 1. The normalized spacial score (nSPS) is 8.85. The van der Waals surface area contributed by atoms with E-state index in [1.807, 2.05) is 0 Å². The van der Waals surface area contributed by atoms with Crippen molar-refractivity contribution in [3.63, 3.8) is 0 Å². The summed E-state index contributed by atoms with van der Waals surface area (Å²) in [6.45, 7) is 1.73. The monoisotopic (exact) mass is 304 g/mol. The molecule has 0 fully saturated rings. The molecule has 0 aliphatic heterocycles. The molecule has 0 saturated heterocycles. The Kier molecular flexibility index (Phi) is 3.76. The smallest absolute Gasteiger partial charge is 0.151 e. The van der Waals surface area contributed by atoms with Crippen molar-refractivity contribution >= 4 is 40.5 Å². The Labute approximate surface area is 95.6 Å². The van der Waals surface area contributed by atoms with Gasteiger partial charge in [0.05, 0.1) is 5.02 Å². The van der Waals surface area contributed by atoms with Crippen LogP contribution in [0.2, 0.25) is 5.02 Å². The van der Waals surface area contributed by atoms with Gasteiger partial charge in [-0.1, -0.05) is 17.5 Å². The van der Waals surface area contributed by atoms with Crippen molar-refractivity contribution in [2.75, 3.05) is 0 Å². The molecule has 0 aliphatic carbocycles. The average molecular weight is 305 g/mol. The van der Waals surface area contributed by atoms with E-state index in [9.17, 15) is 4.79 Å². The zero-order valence-electron chi connectivity index (χ0n) is 6.90. The second-order valence-electron chi connectivity index (χ2n) is 2.32. The molecule has 0 aromatic heterocycles. The molecule has 0 saturated carbocycles. The van der Waals surface area contributed by atoms with Crippen LogP contribution in [0.1, 0.15) is 22.8 Å². The predicted molar refractivity (Wildman–Crippen MR) is 62.1 cm³/mol. The fourth-order valence-corrected chi connectivity index (χ4v) is 1.70. The van der Waals surface area contributed by atoms with Crippen molar-refractivity contribution in [1.29, 1.82) is 0 Å². The van der Waals surface area contributed by atoms with E-state index in [1.165, 1.54) is 0 Å². The van der Waals surface area contributed by atoms with Crippen LogP contribution in [0.4, 0.5) is 0 Å². The first kappa shape index (κ1) is 10.6. The number of carbonyl (C=O) groups is 1. The molecule has 0 unspecified atom stereocenters. The number of rotatable bonds is 1. The molecule has 0 heterocycles. The molecule has 0 spiro atoms. The molecule has 0 aliphatic rings. The SMILES string of the molecule is CC#Cc1c(C=O)ccc(Cl)c1I. The van der Waals surface area contributed by atoms with Gasteiger partial charge in [-0.05, 0) is 41.6 Å². The number of hydrogen-bond donors (Lipinski definition) is 0. The maximum Gasteiger partial charge on any atom is 0.151 e. The van der Waals surface area contributed by atoms with Crippen LogP contribution in [0, 0.1) is 15.4 Å². The van der Waals surface area contributed by atoms with E-state index in [-0.39, 0.29) is 0 Å². The van der Waals surface area contributed by atoms with Crippen LogP contribution in [0.25, 0.3) is 0 Å². The average Bonchev–Trinajstić information content (AvgIpc) is 2.14. The topological polar surface area (TPSA) is 17.1 Å². The molecule has 13 heavy (non-hydrogen) atoms. The summed E-state index contributed by atoms with van der Waals surface area (Å²) in [5, 5.41) is 0.629. The fourth-order valence-electron chi connectivity index (χ4n) is 0.916. The van der Waals surface area contributed by atoms with E-state index in [4.69, 9.17) is 11.6 Å². The summed E-state index contributed by atoms with van der Waals surface area (Å²) in [4.78, 5) is 10.7. The van der Waals surface area contributed by atoms with Gasteiger partial charge in [-0.15, -0.1) is 5.92 Å². The third-order valence-electron chi connectivity index (χ3n) is 1.50. The summed E-state index contributed by atoms with van der Waals surface area (Å²) < 4.78 is 0.832. The van der Waals surface area contributed by atoms with Crippen LogP contribution in [-0.4, -0.2) is 6.29 Å². The van der Waals surface area contributed by atoms with E-state index in [2.05, 4.69) is 34.4 Å². The Hall–Kier alpha value is -0.530. The first-order chi connectivity index (χ1) is 6.20. The van der Waals surface area contributed by atoms with E-state index in [0.29, 0.717) is 16.1 Å². The predicted octanol–water partition coefficient (Wildman–Crippen LogP) is 3.13. The third-order valence-corrected chi connectivity index (χ3v) is 3.26. The zero-order chi connectivity index (χ0) is 9.84. The van der Waals surface area contributed by atoms with Crippen molar-refractivity contribution in [2.24, 2.45) is 0 Å². The van der Waals surface area contributed by atoms with E-state index >= 15 is 0 Å². The zero-order valence-corrected chi connectivity index (χ0v) is 9.81. The molecule has 66 valence electrons. The Morgan fingerprint density at radius 3 is 2.77 bits per heavy atom. The van der Waals surface area contributed by atoms with Crippen LogP contribution in [0.3, 0.4) is 0 Å². The molecule has 0 amide bonds. The van der Waals surface area contributed by atoms with Gasteiger partial charge in [-0.25, -0.2) is 0 Å². The molecule has 1 aromatic rings. The third kappa shape index (κ3) is 2.23. The Morgan fingerprint density at radius 2 is 2.23 bits per heavy atom. The Morgan fingerprint density at radius 1 is 1.54 bits per heavy atom. The summed E-state index contributed by atoms with van der Waals surface area (Å²) >= 11 is 7.97. The molecule has 0 N–H and O–H groups in total. The van der Waals surface area contributed by atoms with Crippen LogP contribution >= 0.6 is 34.2 Å². The Balaban J connectivity index is 3.46. The molecule has 0 bridgehead atoms. The van der Waals surface area contributed by atoms with Crippen LogP contribution < -0.4 is 0 Å². The van der Waals surface area contributed by atoms with Gasteiger partial charge in [0.15, 0.2) is 6.29 Å². The van der Waals surface area contributed by atoms with Crippen LogP contribution in [-0.2, 0) is 0 Å². The first-order valence-electron chi connectivity index (χ1n) is 3.56. The minimum absolute atomic E-state index is 0.586. The standard InChI is InChI=1S/C10H6ClIO/c1-2-3-8-7(6-13)4-5-9(11)10(8)12/h4-6H,1H3. The van der Waals surface area contributed by atoms with Gasteiger partial charge in [0, 0.05) is 14.7 Å². The minimum Gasteiger partial charge on any atom is -0.298 e. The lowest BCUT2D eigenvalue weighted by atomic mass is 10.1. The first-order valence-corrected chi connectivity index (χ1v) is 5.02. The second-order valence-corrected chi connectivity index (χ2v) is 3.80. The van der Waals surface area contributed by atoms with Crippen LogP contribution in [0.15, 0.2) is 12.1 Å². The summed E-state index contributed by atoms with van der Waals surface area (Å²) in [5.41, 5.74) is 1.30. The molecule has 3 heteroatoms. The van der Waals surface area contributed by atoms with Crippen LogP contribution in [0.5, 0.6) is 0 Å². The molecule has 1 nitrogen and oxygen atoms in total. The quantitative estimate of drug-likeness (QED) is 0.442. The summed E-state index contributed by atoms with van der Waals surface area (Å²) in [6, 6.07) is 3.38. The van der Waals surface area contributed by atoms with Gasteiger partial charge in [0.25, 0.3) is 0 Å². The van der Waals surface area contributed by atoms with Gasteiger partial charge >= 0.3 is 0 Å². The lowest BCUT2D eigenvalue weighted by molar-refractivity contribution is 0.112. The molecular weight excluding hydrogens is 298 g/mol. The maximum absolute atomic E-state index is 10.7. The number of hydrogen-bond acceptors (Lipinski definition) is 1. The van der Waals surface area contributed by atoms with Gasteiger partial charge < -0.3 is 0 Å². The van der Waals surface area contributed by atoms with Gasteiger partial charge in [0.1, 0.15) is 0 Å². The summed E-state index contributed by atoms with van der Waals surface area (Å²) in [6.07, 6.45) is 0.790. The van der Waals surface area contributed by atoms with E-state index < -0.39 is 0 Å². The Bertz CT molecular complexity index is 401. The lowest BCUT2D eigenvalue weighted by Crippen LogP contribution is -1.91. The van der Waals surface area contributed by atoms with Crippen molar-refractivity contribution in [1.82, 2.24) is 0 Å². The summed E-state index contributed by atoms with van der Waals surface area (Å²) in [5.74, 6) is 5.62. The second kappa shape index (κ2) is 4.64. The highest BCUT2D eigenvalue weighted by Gasteiger charge is 2.06. The number of aldehydes is 1. The molecule has 0 atom stereocenters. The van der Waals surface area contributed by atoms with Gasteiger partial charge in [0.2, 0.25) is 0 Å². The van der Waals surface area contributed by atoms with Crippen molar-refractivity contribution in [3.8, 4) is 11.8 Å². The molecule has 0 radical (unpaired) electrons. The highest BCUT2D eigenvalue weighted by molar-refractivity contribution is 14.1. The van der Waals surface area contributed by atoms with Crippen molar-refractivity contribution in [3.05, 3.63) is 31.9 Å².